The minimum absolute atomic E-state index is 0.165. The number of hydrogen-bond acceptors (Lipinski definition) is 5. The number of likely N-dealkylation sites (tertiary alicyclic amines) is 1. The fourth-order valence-electron chi connectivity index (χ4n) is 3.59. The summed E-state index contributed by atoms with van der Waals surface area (Å²) in [5.41, 5.74) is 7.11. The number of nitrogens with zero attached hydrogens (tertiary/aromatic N) is 1. The Hall–Kier alpha value is -1.67. The van der Waals surface area contributed by atoms with E-state index < -0.39 is 12.8 Å². The van der Waals surface area contributed by atoms with Gasteiger partial charge in [-0.2, -0.15) is 13.2 Å². The average molecular weight is 373 g/mol. The van der Waals surface area contributed by atoms with Gasteiger partial charge in [-0.3, -0.25) is 0 Å². The molecule has 0 atom stereocenters. The lowest BCUT2D eigenvalue weighted by Crippen LogP contribution is -2.46. The van der Waals surface area contributed by atoms with Crippen LogP contribution in [0.1, 0.15) is 25.7 Å². The van der Waals surface area contributed by atoms with E-state index in [1.807, 2.05) is 0 Å². The smallest absolute Gasteiger partial charge is 0.422 e. The first-order valence-electron chi connectivity index (χ1n) is 9.08. The van der Waals surface area contributed by atoms with E-state index in [0.717, 1.165) is 52.0 Å². The number of piperidine rings is 1. The molecule has 2 aliphatic heterocycles. The monoisotopic (exact) mass is 373 g/mol. The van der Waals surface area contributed by atoms with Crippen LogP contribution in [0.15, 0.2) is 18.2 Å². The zero-order valence-electron chi connectivity index (χ0n) is 14.7. The van der Waals surface area contributed by atoms with Crippen molar-refractivity contribution in [3.63, 3.8) is 0 Å². The lowest BCUT2D eigenvalue weighted by molar-refractivity contribution is -0.153. The SMILES string of the molecule is Nc1ccc(OCC(F)(F)F)cc1NC1CCN(C2CCOCC2)CC1. The van der Waals surface area contributed by atoms with Gasteiger partial charge in [0.1, 0.15) is 5.75 Å². The van der Waals surface area contributed by atoms with Gasteiger partial charge in [0.25, 0.3) is 0 Å². The van der Waals surface area contributed by atoms with Gasteiger partial charge in [0.2, 0.25) is 0 Å². The van der Waals surface area contributed by atoms with Crippen molar-refractivity contribution in [1.29, 1.82) is 0 Å². The van der Waals surface area contributed by atoms with Crippen molar-refractivity contribution >= 4 is 11.4 Å². The number of benzene rings is 1. The number of ether oxygens (including phenoxy) is 2. The van der Waals surface area contributed by atoms with E-state index >= 15 is 0 Å². The van der Waals surface area contributed by atoms with Gasteiger partial charge in [0.15, 0.2) is 6.61 Å². The maximum Gasteiger partial charge on any atom is 0.422 e. The summed E-state index contributed by atoms with van der Waals surface area (Å²) >= 11 is 0. The number of rotatable bonds is 5. The summed E-state index contributed by atoms with van der Waals surface area (Å²) in [6, 6.07) is 5.44. The molecular formula is C18H26F3N3O2. The van der Waals surface area contributed by atoms with Crippen molar-refractivity contribution in [2.45, 2.75) is 43.9 Å². The molecule has 2 saturated heterocycles. The summed E-state index contributed by atoms with van der Waals surface area (Å²) < 4.78 is 47.2. The van der Waals surface area contributed by atoms with Crippen LogP contribution in [-0.2, 0) is 4.74 Å². The lowest BCUT2D eigenvalue weighted by Gasteiger charge is -2.39. The number of alkyl halides is 3. The Kier molecular flexibility index (Phi) is 6.13. The fourth-order valence-corrected chi connectivity index (χ4v) is 3.59. The Morgan fingerprint density at radius 1 is 1.15 bits per heavy atom. The standard InChI is InChI=1S/C18H26F3N3O2/c19-18(20,21)12-26-15-1-2-16(22)17(11-15)23-13-3-7-24(8-4-13)14-5-9-25-10-6-14/h1-2,11,13-14,23H,3-10,12,22H2. The van der Waals surface area contributed by atoms with Gasteiger partial charge >= 0.3 is 6.18 Å². The highest BCUT2D eigenvalue weighted by atomic mass is 19.4. The van der Waals surface area contributed by atoms with Gasteiger partial charge in [0, 0.05) is 44.5 Å². The quantitative estimate of drug-likeness (QED) is 0.776. The van der Waals surface area contributed by atoms with Crippen LogP contribution in [0.25, 0.3) is 0 Å². The Labute approximate surface area is 151 Å². The number of anilines is 2. The van der Waals surface area contributed by atoms with Crippen molar-refractivity contribution in [2.24, 2.45) is 0 Å². The second kappa shape index (κ2) is 8.35. The summed E-state index contributed by atoms with van der Waals surface area (Å²) in [4.78, 5) is 2.52. The summed E-state index contributed by atoms with van der Waals surface area (Å²) in [6.45, 7) is 2.38. The zero-order chi connectivity index (χ0) is 18.6. The highest BCUT2D eigenvalue weighted by Crippen LogP contribution is 2.29. The summed E-state index contributed by atoms with van der Waals surface area (Å²) in [5, 5.41) is 3.37. The lowest BCUT2D eigenvalue weighted by atomic mass is 9.99. The maximum atomic E-state index is 12.3. The topological polar surface area (TPSA) is 59.8 Å². The third kappa shape index (κ3) is 5.41. The Balaban J connectivity index is 1.52. The molecule has 2 heterocycles. The van der Waals surface area contributed by atoms with E-state index in [4.69, 9.17) is 15.2 Å². The van der Waals surface area contributed by atoms with E-state index in [0.29, 0.717) is 17.4 Å². The van der Waals surface area contributed by atoms with Crippen molar-refractivity contribution < 1.29 is 22.6 Å². The predicted molar refractivity (Wildman–Crippen MR) is 94.5 cm³/mol. The van der Waals surface area contributed by atoms with Gasteiger partial charge in [-0.15, -0.1) is 0 Å². The van der Waals surface area contributed by atoms with Crippen LogP contribution in [0.2, 0.25) is 0 Å². The molecule has 2 fully saturated rings. The molecule has 3 rings (SSSR count). The van der Waals surface area contributed by atoms with Gasteiger partial charge in [-0.25, -0.2) is 0 Å². The van der Waals surface area contributed by atoms with E-state index in [2.05, 4.69) is 10.2 Å². The second-order valence-electron chi connectivity index (χ2n) is 6.95. The molecule has 5 nitrogen and oxygen atoms in total. The molecule has 0 bridgehead atoms. The minimum atomic E-state index is -4.36. The van der Waals surface area contributed by atoms with Crippen LogP contribution in [0.3, 0.4) is 0 Å². The summed E-state index contributed by atoms with van der Waals surface area (Å²) in [6.07, 6.45) is -0.228. The third-order valence-corrected chi connectivity index (χ3v) is 5.02. The first-order valence-corrected chi connectivity index (χ1v) is 9.08. The average Bonchev–Trinajstić information content (AvgIpc) is 2.63. The van der Waals surface area contributed by atoms with Crippen LogP contribution in [0, 0.1) is 0 Å². The summed E-state index contributed by atoms with van der Waals surface area (Å²) in [5.74, 6) is 0.165. The number of nitrogens with one attached hydrogen (secondary N) is 1. The molecule has 0 saturated carbocycles. The molecule has 8 heteroatoms. The van der Waals surface area contributed by atoms with Gasteiger partial charge in [0.05, 0.1) is 11.4 Å². The fraction of sp³-hybridized carbons (Fsp3) is 0.667. The molecular weight excluding hydrogens is 347 g/mol. The van der Waals surface area contributed by atoms with Crippen LogP contribution < -0.4 is 15.8 Å². The number of nitrogen functional groups attached to an aromatic ring is 1. The number of nitrogens with two attached hydrogens (primary N) is 1. The maximum absolute atomic E-state index is 12.3. The molecule has 146 valence electrons. The van der Waals surface area contributed by atoms with Gasteiger partial charge in [-0.05, 0) is 37.8 Å². The highest BCUT2D eigenvalue weighted by Gasteiger charge is 2.29. The zero-order valence-corrected chi connectivity index (χ0v) is 14.7. The largest absolute Gasteiger partial charge is 0.484 e. The Morgan fingerprint density at radius 3 is 2.50 bits per heavy atom. The van der Waals surface area contributed by atoms with Crippen LogP contribution >= 0.6 is 0 Å². The van der Waals surface area contributed by atoms with Crippen LogP contribution in [0.4, 0.5) is 24.5 Å². The molecule has 0 radical (unpaired) electrons. The van der Waals surface area contributed by atoms with Crippen molar-refractivity contribution in [1.82, 2.24) is 4.90 Å². The molecule has 0 aliphatic carbocycles. The van der Waals surface area contributed by atoms with E-state index in [9.17, 15) is 13.2 Å². The number of hydrogen-bond donors (Lipinski definition) is 2. The molecule has 3 N–H and O–H groups in total. The molecule has 2 aliphatic rings. The Morgan fingerprint density at radius 2 is 1.85 bits per heavy atom. The predicted octanol–water partition coefficient (Wildman–Crippen LogP) is 3.27. The molecule has 0 aromatic heterocycles. The Bertz CT molecular complexity index is 584. The minimum Gasteiger partial charge on any atom is -0.484 e. The van der Waals surface area contributed by atoms with Crippen molar-refractivity contribution in [2.75, 3.05) is 44.0 Å². The number of halogens is 3. The molecule has 0 amide bonds. The molecule has 26 heavy (non-hydrogen) atoms. The van der Waals surface area contributed by atoms with Crippen molar-refractivity contribution in [3.8, 4) is 5.75 Å². The molecule has 0 unspecified atom stereocenters. The normalized spacial score (nSPS) is 20.9. The van der Waals surface area contributed by atoms with E-state index in [1.54, 1.807) is 12.1 Å². The summed E-state index contributed by atoms with van der Waals surface area (Å²) in [7, 11) is 0. The highest BCUT2D eigenvalue weighted by molar-refractivity contribution is 5.68. The van der Waals surface area contributed by atoms with Gasteiger partial charge in [-0.1, -0.05) is 0 Å². The molecule has 1 aromatic rings. The van der Waals surface area contributed by atoms with Crippen LogP contribution in [0.5, 0.6) is 5.75 Å². The van der Waals surface area contributed by atoms with Crippen molar-refractivity contribution in [3.05, 3.63) is 18.2 Å². The molecule has 0 spiro atoms. The van der Waals surface area contributed by atoms with Crippen LogP contribution in [-0.4, -0.2) is 56.1 Å². The van der Waals surface area contributed by atoms with Gasteiger partial charge < -0.3 is 25.4 Å². The third-order valence-electron chi connectivity index (χ3n) is 5.02. The molecule has 1 aromatic carbocycles. The van der Waals surface area contributed by atoms with E-state index in [1.165, 1.54) is 6.07 Å². The van der Waals surface area contributed by atoms with E-state index in [-0.39, 0.29) is 11.8 Å². The first kappa shape index (κ1) is 19.1. The second-order valence-corrected chi connectivity index (χ2v) is 6.95. The first-order chi connectivity index (χ1) is 12.4.